The highest BCUT2D eigenvalue weighted by molar-refractivity contribution is 7.99. The molecule has 3 rings (SSSR count). The van der Waals surface area contributed by atoms with E-state index in [1.807, 2.05) is 30.3 Å². The molecule has 0 unspecified atom stereocenters. The molecule has 0 aliphatic rings. The number of aliphatic hydroxyl groups excluding tert-OH is 1. The van der Waals surface area contributed by atoms with Crippen LogP contribution in [0.4, 0.5) is 4.39 Å². The third-order valence-corrected chi connectivity index (χ3v) is 4.44. The lowest BCUT2D eigenvalue weighted by molar-refractivity contribution is 0.126. The Morgan fingerprint density at radius 3 is 2.56 bits per heavy atom. The van der Waals surface area contributed by atoms with Gasteiger partial charge in [-0.1, -0.05) is 30.0 Å². The van der Waals surface area contributed by atoms with Crippen molar-refractivity contribution in [3.63, 3.8) is 0 Å². The summed E-state index contributed by atoms with van der Waals surface area (Å²) in [6, 6.07) is 15.0. The third kappa shape index (κ3) is 5.97. The molecule has 1 N–H and O–H groups in total. The minimum absolute atomic E-state index is 0.169. The van der Waals surface area contributed by atoms with Gasteiger partial charge < -0.3 is 19.0 Å². The Bertz CT molecular complexity index is 829. The van der Waals surface area contributed by atoms with E-state index in [0.717, 1.165) is 0 Å². The summed E-state index contributed by atoms with van der Waals surface area (Å²) < 4.78 is 29.6. The summed E-state index contributed by atoms with van der Waals surface area (Å²) in [4.78, 5) is 0. The maximum absolute atomic E-state index is 12.9. The molecule has 6 nitrogen and oxygen atoms in total. The molecule has 1 heterocycles. The van der Waals surface area contributed by atoms with Crippen LogP contribution in [-0.2, 0) is 0 Å². The average molecular weight is 390 g/mol. The van der Waals surface area contributed by atoms with Gasteiger partial charge in [0.2, 0.25) is 0 Å². The standard InChI is InChI=1S/C19H19FN2O4S/c1-13(25-17-9-7-14(20)8-10-17)18-21-22-19(26-18)27-12-15(23)11-24-16-5-3-2-4-6-16/h2-10,13,15,23H,11-12H2,1H3/t13-,15+/m0/s1. The molecule has 3 aromatic rings. The van der Waals surface area contributed by atoms with Crippen molar-refractivity contribution in [1.29, 1.82) is 0 Å². The molecular weight excluding hydrogens is 371 g/mol. The number of aromatic nitrogens is 2. The predicted octanol–water partition coefficient (Wildman–Crippen LogP) is 3.88. The maximum Gasteiger partial charge on any atom is 0.276 e. The molecule has 1 aromatic heterocycles. The lowest BCUT2D eigenvalue weighted by Crippen LogP contribution is -2.20. The van der Waals surface area contributed by atoms with Crippen molar-refractivity contribution in [2.24, 2.45) is 0 Å². The quantitative estimate of drug-likeness (QED) is 0.556. The number of rotatable bonds is 9. The van der Waals surface area contributed by atoms with E-state index in [9.17, 15) is 9.50 Å². The minimum Gasteiger partial charge on any atom is -0.491 e. The number of benzene rings is 2. The van der Waals surface area contributed by atoms with Crippen molar-refractivity contribution in [1.82, 2.24) is 10.2 Å². The number of halogens is 1. The summed E-state index contributed by atoms with van der Waals surface area (Å²) in [7, 11) is 0. The molecule has 0 saturated carbocycles. The second-order valence-corrected chi connectivity index (χ2v) is 6.68. The topological polar surface area (TPSA) is 77.6 Å². The van der Waals surface area contributed by atoms with Crippen LogP contribution in [0, 0.1) is 5.82 Å². The zero-order valence-corrected chi connectivity index (χ0v) is 15.4. The molecule has 0 saturated heterocycles. The zero-order chi connectivity index (χ0) is 19.1. The molecule has 8 heteroatoms. The van der Waals surface area contributed by atoms with E-state index >= 15 is 0 Å². The summed E-state index contributed by atoms with van der Waals surface area (Å²) >= 11 is 1.23. The number of ether oxygens (including phenoxy) is 2. The third-order valence-electron chi connectivity index (χ3n) is 3.48. The van der Waals surface area contributed by atoms with E-state index in [1.54, 1.807) is 6.92 Å². The Morgan fingerprint density at radius 2 is 1.81 bits per heavy atom. The van der Waals surface area contributed by atoms with Gasteiger partial charge in [-0.3, -0.25) is 0 Å². The van der Waals surface area contributed by atoms with Gasteiger partial charge in [-0.25, -0.2) is 4.39 Å². The van der Waals surface area contributed by atoms with Crippen LogP contribution in [0.15, 0.2) is 64.2 Å². The smallest absolute Gasteiger partial charge is 0.276 e. The first-order valence-electron chi connectivity index (χ1n) is 8.34. The van der Waals surface area contributed by atoms with E-state index in [4.69, 9.17) is 13.9 Å². The lowest BCUT2D eigenvalue weighted by atomic mass is 10.3. The van der Waals surface area contributed by atoms with E-state index in [0.29, 0.717) is 28.4 Å². The van der Waals surface area contributed by atoms with Crippen molar-refractivity contribution >= 4 is 11.8 Å². The molecule has 0 aliphatic heterocycles. The van der Waals surface area contributed by atoms with Gasteiger partial charge in [-0.2, -0.15) is 0 Å². The van der Waals surface area contributed by atoms with Crippen LogP contribution < -0.4 is 9.47 Å². The SMILES string of the molecule is C[C@H](Oc1ccc(F)cc1)c1nnc(SC[C@H](O)COc2ccccc2)o1. The molecule has 142 valence electrons. The van der Waals surface area contributed by atoms with Crippen LogP contribution in [0.3, 0.4) is 0 Å². The first-order valence-corrected chi connectivity index (χ1v) is 9.33. The summed E-state index contributed by atoms with van der Waals surface area (Å²) in [5, 5.41) is 18.2. The van der Waals surface area contributed by atoms with E-state index in [1.165, 1.54) is 36.0 Å². The summed E-state index contributed by atoms with van der Waals surface area (Å²) in [5.41, 5.74) is 0. The van der Waals surface area contributed by atoms with E-state index in [2.05, 4.69) is 10.2 Å². The fraction of sp³-hybridized carbons (Fsp3) is 0.263. The van der Waals surface area contributed by atoms with Crippen molar-refractivity contribution in [2.45, 2.75) is 24.4 Å². The van der Waals surface area contributed by atoms with Gasteiger partial charge in [-0.05, 0) is 43.3 Å². The Kier molecular flexibility index (Phi) is 6.67. The predicted molar refractivity (Wildman–Crippen MR) is 98.4 cm³/mol. The number of para-hydroxylation sites is 1. The first kappa shape index (κ1) is 19.2. The number of aliphatic hydroxyl groups is 1. The molecule has 0 amide bonds. The largest absolute Gasteiger partial charge is 0.491 e. The average Bonchev–Trinajstić information content (AvgIpc) is 3.16. The van der Waals surface area contributed by atoms with Crippen molar-refractivity contribution in [3.8, 4) is 11.5 Å². The first-order chi connectivity index (χ1) is 13.1. The van der Waals surface area contributed by atoms with Crippen molar-refractivity contribution < 1.29 is 23.4 Å². The Balaban J connectivity index is 1.45. The van der Waals surface area contributed by atoms with Crippen LogP contribution in [0.1, 0.15) is 18.9 Å². The van der Waals surface area contributed by atoms with Crippen molar-refractivity contribution in [2.75, 3.05) is 12.4 Å². The molecular formula is C19H19FN2O4S. The molecule has 2 aromatic carbocycles. The fourth-order valence-electron chi connectivity index (χ4n) is 2.14. The molecule has 0 radical (unpaired) electrons. The fourth-order valence-corrected chi connectivity index (χ4v) is 2.81. The second-order valence-electron chi connectivity index (χ2n) is 5.71. The van der Waals surface area contributed by atoms with Crippen LogP contribution >= 0.6 is 11.8 Å². The summed E-state index contributed by atoms with van der Waals surface area (Å²) in [5.74, 6) is 1.53. The van der Waals surface area contributed by atoms with Crippen LogP contribution in [0.25, 0.3) is 0 Å². The van der Waals surface area contributed by atoms with Gasteiger partial charge in [0.05, 0.1) is 6.10 Å². The van der Waals surface area contributed by atoms with Gasteiger partial charge in [-0.15, -0.1) is 10.2 Å². The summed E-state index contributed by atoms with van der Waals surface area (Å²) in [6.45, 7) is 1.93. The van der Waals surface area contributed by atoms with Crippen molar-refractivity contribution in [3.05, 3.63) is 66.3 Å². The van der Waals surface area contributed by atoms with E-state index < -0.39 is 12.2 Å². The zero-order valence-electron chi connectivity index (χ0n) is 14.6. The van der Waals surface area contributed by atoms with Gasteiger partial charge >= 0.3 is 0 Å². The molecule has 27 heavy (non-hydrogen) atoms. The highest BCUT2D eigenvalue weighted by atomic mass is 32.2. The van der Waals surface area contributed by atoms with Gasteiger partial charge in [0, 0.05) is 5.75 Å². The van der Waals surface area contributed by atoms with Crippen LogP contribution in [-0.4, -0.2) is 33.8 Å². The Hall–Kier alpha value is -2.58. The van der Waals surface area contributed by atoms with E-state index in [-0.39, 0.29) is 12.4 Å². The number of nitrogens with zero attached hydrogens (tertiary/aromatic N) is 2. The Labute approximate surface area is 160 Å². The molecule has 2 atom stereocenters. The number of hydrogen-bond donors (Lipinski definition) is 1. The highest BCUT2D eigenvalue weighted by Crippen LogP contribution is 2.24. The van der Waals surface area contributed by atoms with Crippen LogP contribution in [0.2, 0.25) is 0 Å². The summed E-state index contributed by atoms with van der Waals surface area (Å²) in [6.07, 6.45) is -1.16. The monoisotopic (exact) mass is 390 g/mol. The lowest BCUT2D eigenvalue weighted by Gasteiger charge is -2.11. The number of thioether (sulfide) groups is 1. The molecule has 0 aliphatic carbocycles. The molecule has 0 bridgehead atoms. The van der Waals surface area contributed by atoms with Gasteiger partial charge in [0.25, 0.3) is 11.1 Å². The Morgan fingerprint density at radius 1 is 1.07 bits per heavy atom. The van der Waals surface area contributed by atoms with Gasteiger partial charge in [0.1, 0.15) is 23.9 Å². The molecule has 0 fully saturated rings. The van der Waals surface area contributed by atoms with Gasteiger partial charge in [0.15, 0.2) is 6.10 Å². The number of hydrogen-bond acceptors (Lipinski definition) is 7. The van der Waals surface area contributed by atoms with Crippen LogP contribution in [0.5, 0.6) is 11.5 Å². The normalized spacial score (nSPS) is 13.1. The second kappa shape index (κ2) is 9.38. The highest BCUT2D eigenvalue weighted by Gasteiger charge is 2.17. The molecule has 0 spiro atoms. The minimum atomic E-state index is -0.682. The maximum atomic E-state index is 12.9.